The van der Waals surface area contributed by atoms with E-state index in [1.807, 2.05) is 73.0 Å². The Morgan fingerprint density at radius 3 is 2.57 bits per heavy atom. The molecule has 0 spiro atoms. The van der Waals surface area contributed by atoms with Gasteiger partial charge >= 0.3 is 0 Å². The fraction of sp³-hybridized carbons (Fsp3) is 0.208. The van der Waals surface area contributed by atoms with Gasteiger partial charge in [-0.3, -0.25) is 9.59 Å². The molecule has 5 nitrogen and oxygen atoms in total. The Kier molecular flexibility index (Phi) is 5.50. The summed E-state index contributed by atoms with van der Waals surface area (Å²) in [5.41, 5.74) is 7.14. The van der Waals surface area contributed by atoms with Crippen LogP contribution in [0.3, 0.4) is 0 Å². The van der Waals surface area contributed by atoms with Crippen LogP contribution >= 0.6 is 11.3 Å². The number of hydrogen-bond acceptors (Lipinski definition) is 5. The topological polar surface area (TPSA) is 84.5 Å². The van der Waals surface area contributed by atoms with E-state index in [1.165, 1.54) is 11.3 Å². The molecule has 1 aliphatic rings. The van der Waals surface area contributed by atoms with Crippen LogP contribution in [0.1, 0.15) is 40.6 Å². The Hall–Kier alpha value is -3.25. The molecule has 30 heavy (non-hydrogen) atoms. The number of nitrogens with zero attached hydrogens (tertiary/aromatic N) is 1. The number of amides is 1. The van der Waals surface area contributed by atoms with Crippen molar-refractivity contribution in [2.45, 2.75) is 25.3 Å². The molecule has 0 fully saturated rings. The lowest BCUT2D eigenvalue weighted by molar-refractivity contribution is -0.124. The molecule has 0 saturated carbocycles. The number of rotatable bonds is 6. The van der Waals surface area contributed by atoms with Gasteiger partial charge in [-0.1, -0.05) is 61.9 Å². The maximum absolute atomic E-state index is 13.7. The lowest BCUT2D eigenvalue weighted by atomic mass is 9.77. The largest absolute Gasteiger partial charge is 0.387 e. The van der Waals surface area contributed by atoms with Crippen molar-refractivity contribution in [3.8, 4) is 0 Å². The Balaban J connectivity index is 1.78. The minimum atomic E-state index is -1.20. The molecule has 152 valence electrons. The van der Waals surface area contributed by atoms with Crippen LogP contribution in [0, 0.1) is 5.92 Å². The van der Waals surface area contributed by atoms with Gasteiger partial charge in [-0.15, -0.1) is 11.3 Å². The summed E-state index contributed by atoms with van der Waals surface area (Å²) in [6.07, 6.45) is 1.51. The molecule has 1 aromatic heterocycles. The molecule has 3 N–H and O–H groups in total. The van der Waals surface area contributed by atoms with Gasteiger partial charge in [-0.2, -0.15) is 0 Å². The van der Waals surface area contributed by atoms with Crippen molar-refractivity contribution in [3.05, 3.63) is 88.1 Å². The number of benzene rings is 2. The Labute approximate surface area is 179 Å². The highest BCUT2D eigenvalue weighted by atomic mass is 32.1. The molecule has 1 amide bonds. The van der Waals surface area contributed by atoms with Crippen LogP contribution in [-0.2, 0) is 10.3 Å². The van der Waals surface area contributed by atoms with E-state index < -0.39 is 11.5 Å². The van der Waals surface area contributed by atoms with Gasteiger partial charge in [0.25, 0.3) is 5.91 Å². The monoisotopic (exact) mass is 417 g/mol. The Bertz CT molecular complexity index is 1090. The van der Waals surface area contributed by atoms with Crippen molar-refractivity contribution < 1.29 is 9.59 Å². The molecule has 1 aliphatic heterocycles. The third-order valence-electron chi connectivity index (χ3n) is 5.38. The van der Waals surface area contributed by atoms with E-state index in [0.717, 1.165) is 12.0 Å². The number of carbonyl (C=O) groups is 2. The van der Waals surface area contributed by atoms with E-state index in [0.29, 0.717) is 28.4 Å². The van der Waals surface area contributed by atoms with Gasteiger partial charge in [0.1, 0.15) is 5.84 Å². The summed E-state index contributed by atoms with van der Waals surface area (Å²) in [7, 11) is 0. The number of Topliss-reactive ketones (excluding diaryl/α,β-unsaturated/α-hetero) is 1. The molecule has 2 aromatic carbocycles. The second-order valence-electron chi connectivity index (χ2n) is 7.33. The lowest BCUT2D eigenvalue weighted by Crippen LogP contribution is -2.36. The summed E-state index contributed by atoms with van der Waals surface area (Å²) in [4.78, 5) is 31.5. The molecule has 0 aliphatic carbocycles. The highest BCUT2D eigenvalue weighted by molar-refractivity contribution is 7.12. The first-order valence-corrected chi connectivity index (χ1v) is 10.8. The fourth-order valence-corrected chi connectivity index (χ4v) is 4.58. The van der Waals surface area contributed by atoms with Crippen LogP contribution < -0.4 is 11.1 Å². The molecule has 4 rings (SSSR count). The zero-order valence-electron chi connectivity index (χ0n) is 16.7. The van der Waals surface area contributed by atoms with Crippen molar-refractivity contribution in [2.24, 2.45) is 16.6 Å². The average Bonchev–Trinajstić information content (AvgIpc) is 3.38. The van der Waals surface area contributed by atoms with Crippen LogP contribution in [0.15, 0.2) is 77.1 Å². The first-order valence-electron chi connectivity index (χ1n) is 9.96. The third kappa shape index (κ3) is 3.44. The predicted octanol–water partition coefficient (Wildman–Crippen LogP) is 4.60. The van der Waals surface area contributed by atoms with Crippen molar-refractivity contribution in [1.82, 2.24) is 0 Å². The van der Waals surface area contributed by atoms with E-state index in [9.17, 15) is 9.59 Å². The number of nitrogens with one attached hydrogen (secondary N) is 1. The van der Waals surface area contributed by atoms with Gasteiger partial charge in [0.15, 0.2) is 11.3 Å². The third-order valence-corrected chi connectivity index (χ3v) is 6.25. The van der Waals surface area contributed by atoms with Crippen molar-refractivity contribution in [1.29, 1.82) is 0 Å². The number of carbonyl (C=O) groups excluding carboxylic acids is 2. The highest BCUT2D eigenvalue weighted by Crippen LogP contribution is 2.43. The molecule has 2 heterocycles. The summed E-state index contributed by atoms with van der Waals surface area (Å²) in [5.74, 6) is -0.228. The van der Waals surface area contributed by atoms with Gasteiger partial charge in [-0.25, -0.2) is 4.99 Å². The van der Waals surface area contributed by atoms with E-state index in [2.05, 4.69) is 5.32 Å². The van der Waals surface area contributed by atoms with Gasteiger partial charge in [0, 0.05) is 5.69 Å². The number of nitrogens with two attached hydrogens (primary N) is 1. The smallest absolute Gasteiger partial charge is 0.265 e. The zero-order chi connectivity index (χ0) is 21.1. The number of anilines is 1. The van der Waals surface area contributed by atoms with Gasteiger partial charge in [0.05, 0.1) is 10.8 Å². The van der Waals surface area contributed by atoms with Gasteiger partial charge in [-0.05, 0) is 41.1 Å². The number of ketones is 1. The number of aliphatic imine (C=N–C) groups is 1. The minimum Gasteiger partial charge on any atom is -0.387 e. The first-order chi connectivity index (χ1) is 14.6. The molecule has 6 heteroatoms. The molecule has 2 atom stereocenters. The average molecular weight is 418 g/mol. The van der Waals surface area contributed by atoms with Gasteiger partial charge in [0.2, 0.25) is 0 Å². The fourth-order valence-electron chi connectivity index (χ4n) is 3.96. The van der Waals surface area contributed by atoms with Crippen molar-refractivity contribution in [3.63, 3.8) is 0 Å². The maximum Gasteiger partial charge on any atom is 0.265 e. The normalized spacial score (nSPS) is 20.8. The molecular formula is C24H23N3O2S. The first kappa shape index (κ1) is 20.0. The highest BCUT2D eigenvalue weighted by Gasteiger charge is 2.50. The van der Waals surface area contributed by atoms with E-state index in [4.69, 9.17) is 10.7 Å². The summed E-state index contributed by atoms with van der Waals surface area (Å²) >= 11 is 1.38. The summed E-state index contributed by atoms with van der Waals surface area (Å²) in [6, 6.07) is 20.4. The van der Waals surface area contributed by atoms with E-state index in [-0.39, 0.29) is 11.7 Å². The van der Waals surface area contributed by atoms with Crippen LogP contribution in [0.5, 0.6) is 0 Å². The molecular weight excluding hydrogens is 394 g/mol. The second kappa shape index (κ2) is 8.24. The number of thiophene rings is 1. The molecule has 0 saturated heterocycles. The van der Waals surface area contributed by atoms with Crippen LogP contribution in [0.2, 0.25) is 0 Å². The SMILES string of the molecule is CCCC1C(=O)C(c2ccccc2)(c2cccc(NC(=O)c3cccs3)c2)N=C1N. The Morgan fingerprint density at radius 2 is 1.87 bits per heavy atom. The summed E-state index contributed by atoms with van der Waals surface area (Å²) in [5, 5.41) is 4.78. The van der Waals surface area contributed by atoms with Gasteiger partial charge < -0.3 is 11.1 Å². The molecule has 0 radical (unpaired) electrons. The molecule has 3 aromatic rings. The maximum atomic E-state index is 13.7. The summed E-state index contributed by atoms with van der Waals surface area (Å²) in [6.45, 7) is 2.03. The lowest BCUT2D eigenvalue weighted by Gasteiger charge is -2.27. The summed E-state index contributed by atoms with van der Waals surface area (Å²) < 4.78 is 0. The van der Waals surface area contributed by atoms with Crippen LogP contribution in [-0.4, -0.2) is 17.5 Å². The van der Waals surface area contributed by atoms with Crippen LogP contribution in [0.25, 0.3) is 0 Å². The zero-order valence-corrected chi connectivity index (χ0v) is 17.5. The predicted molar refractivity (Wildman–Crippen MR) is 121 cm³/mol. The second-order valence-corrected chi connectivity index (χ2v) is 8.28. The number of amidine groups is 1. The standard InChI is InChI=1S/C24H23N3O2S/c1-2-8-19-21(28)24(27-22(19)25,16-9-4-3-5-10-16)17-11-6-12-18(15-17)26-23(29)20-13-7-14-30-20/h3-7,9-15,19H,2,8H2,1H3,(H2,25,27)(H,26,29). The quantitative estimate of drug-likeness (QED) is 0.615. The van der Waals surface area contributed by atoms with Crippen LogP contribution in [0.4, 0.5) is 5.69 Å². The molecule has 2 unspecified atom stereocenters. The molecule has 0 bridgehead atoms. The van der Waals surface area contributed by atoms with Crippen molar-refractivity contribution in [2.75, 3.05) is 5.32 Å². The number of hydrogen-bond donors (Lipinski definition) is 2. The van der Waals surface area contributed by atoms with E-state index in [1.54, 1.807) is 6.07 Å². The Morgan fingerprint density at radius 1 is 1.10 bits per heavy atom. The minimum absolute atomic E-state index is 0.0187. The van der Waals surface area contributed by atoms with Crippen molar-refractivity contribution >= 4 is 34.6 Å². The van der Waals surface area contributed by atoms with E-state index >= 15 is 0 Å².